The Morgan fingerprint density at radius 3 is 1.57 bits per heavy atom. The maximum Gasteiger partial charge on any atom is 0.00561 e. The summed E-state index contributed by atoms with van der Waals surface area (Å²) in [5.74, 6) is 0. The number of unbranched alkanes of at least 4 members (excludes halogenated alkanes) is 8. The van der Waals surface area contributed by atoms with Gasteiger partial charge < -0.3 is 5.73 Å². The van der Waals surface area contributed by atoms with Crippen LogP contribution in [0.15, 0.2) is 0 Å². The molecular formula is C11H26N2S. The molecule has 0 rings (SSSR count). The van der Waals surface area contributed by atoms with E-state index in [0.29, 0.717) is 0 Å². The monoisotopic (exact) mass is 218 g/mol. The standard InChI is InChI=1S/C11H26N2S/c12-10-8-6-4-2-1-3-5-7-9-11-13-14/h13-14H,1-12H2. The molecule has 0 fully saturated rings. The van der Waals surface area contributed by atoms with Gasteiger partial charge in [0.25, 0.3) is 0 Å². The van der Waals surface area contributed by atoms with Gasteiger partial charge in [0.05, 0.1) is 0 Å². The largest absolute Gasteiger partial charge is 0.330 e. The maximum atomic E-state index is 5.43. The summed E-state index contributed by atoms with van der Waals surface area (Å²) >= 11 is 3.95. The van der Waals surface area contributed by atoms with Crippen LogP contribution in [0.5, 0.6) is 0 Å². The lowest BCUT2D eigenvalue weighted by molar-refractivity contribution is 0.560. The van der Waals surface area contributed by atoms with Gasteiger partial charge in [-0.25, -0.2) is 0 Å². The summed E-state index contributed by atoms with van der Waals surface area (Å²) < 4.78 is 2.88. The predicted octanol–water partition coefficient (Wildman–Crippen LogP) is 2.89. The van der Waals surface area contributed by atoms with Crippen LogP contribution in [0.1, 0.15) is 57.8 Å². The fourth-order valence-corrected chi connectivity index (χ4v) is 1.74. The van der Waals surface area contributed by atoms with E-state index in [2.05, 4.69) is 17.5 Å². The van der Waals surface area contributed by atoms with Gasteiger partial charge in [-0.15, -0.1) is 0 Å². The van der Waals surface area contributed by atoms with Crippen molar-refractivity contribution in [2.24, 2.45) is 5.73 Å². The summed E-state index contributed by atoms with van der Waals surface area (Å²) in [5, 5.41) is 0. The van der Waals surface area contributed by atoms with Crippen molar-refractivity contribution >= 4 is 12.8 Å². The SMILES string of the molecule is NCCCCCCCCCCCNS. The lowest BCUT2D eigenvalue weighted by Gasteiger charge is -2.01. The number of thiol groups is 1. The first-order valence-corrected chi connectivity index (χ1v) is 6.43. The fraction of sp³-hybridized carbons (Fsp3) is 1.00. The minimum atomic E-state index is 0.858. The highest BCUT2D eigenvalue weighted by molar-refractivity contribution is 7.78. The molecule has 0 atom stereocenters. The summed E-state index contributed by atoms with van der Waals surface area (Å²) in [7, 11) is 0. The molecule has 0 unspecified atom stereocenters. The van der Waals surface area contributed by atoms with Gasteiger partial charge in [0, 0.05) is 6.54 Å². The van der Waals surface area contributed by atoms with Gasteiger partial charge in [0.1, 0.15) is 0 Å². The third-order valence-electron chi connectivity index (χ3n) is 2.49. The fourth-order valence-electron chi connectivity index (χ4n) is 1.59. The molecule has 0 aliphatic heterocycles. The first-order valence-electron chi connectivity index (χ1n) is 5.99. The molecule has 3 heteroatoms. The minimum Gasteiger partial charge on any atom is -0.330 e. The van der Waals surface area contributed by atoms with Crippen LogP contribution in [0.4, 0.5) is 0 Å². The van der Waals surface area contributed by atoms with Gasteiger partial charge >= 0.3 is 0 Å². The van der Waals surface area contributed by atoms with E-state index in [1.165, 1.54) is 57.8 Å². The van der Waals surface area contributed by atoms with E-state index in [0.717, 1.165) is 13.1 Å². The third kappa shape index (κ3) is 12.3. The molecule has 3 N–H and O–H groups in total. The average Bonchev–Trinajstić information content (AvgIpc) is 2.21. The van der Waals surface area contributed by atoms with E-state index < -0.39 is 0 Å². The molecule has 0 bridgehead atoms. The molecule has 0 aromatic carbocycles. The van der Waals surface area contributed by atoms with Gasteiger partial charge in [0.15, 0.2) is 0 Å². The van der Waals surface area contributed by atoms with E-state index in [-0.39, 0.29) is 0 Å². The lowest BCUT2D eigenvalue weighted by Crippen LogP contribution is -2.00. The van der Waals surface area contributed by atoms with Gasteiger partial charge in [-0.3, -0.25) is 4.72 Å². The van der Waals surface area contributed by atoms with E-state index in [1.807, 2.05) is 0 Å². The topological polar surface area (TPSA) is 38.0 Å². The molecule has 2 nitrogen and oxygen atoms in total. The number of nitrogens with two attached hydrogens (primary N) is 1. The van der Waals surface area contributed by atoms with Gasteiger partial charge in [-0.05, 0) is 19.4 Å². The first kappa shape index (κ1) is 14.3. The van der Waals surface area contributed by atoms with Crippen LogP contribution in [0, 0.1) is 0 Å². The van der Waals surface area contributed by atoms with Crippen molar-refractivity contribution in [3.63, 3.8) is 0 Å². The van der Waals surface area contributed by atoms with E-state index in [4.69, 9.17) is 5.73 Å². The number of hydrogen-bond acceptors (Lipinski definition) is 3. The van der Waals surface area contributed by atoms with Crippen molar-refractivity contribution in [1.29, 1.82) is 0 Å². The van der Waals surface area contributed by atoms with Crippen LogP contribution in [-0.4, -0.2) is 13.1 Å². The zero-order valence-electron chi connectivity index (χ0n) is 9.30. The summed E-state index contributed by atoms with van der Waals surface area (Å²) in [6.07, 6.45) is 12.1. The van der Waals surface area contributed by atoms with Crippen molar-refractivity contribution in [3.05, 3.63) is 0 Å². The molecule has 86 valence electrons. The van der Waals surface area contributed by atoms with Crippen molar-refractivity contribution in [2.75, 3.05) is 13.1 Å². The first-order chi connectivity index (χ1) is 6.91. The number of rotatable bonds is 11. The zero-order chi connectivity index (χ0) is 10.5. The molecule has 0 amide bonds. The molecule has 0 aliphatic carbocycles. The number of nitrogens with one attached hydrogen (secondary N) is 1. The highest BCUT2D eigenvalue weighted by Crippen LogP contribution is 2.08. The second kappa shape index (κ2) is 13.3. The Balaban J connectivity index is 2.78. The van der Waals surface area contributed by atoms with Crippen molar-refractivity contribution in [3.8, 4) is 0 Å². The second-order valence-corrected chi connectivity index (χ2v) is 4.19. The molecule has 0 aromatic heterocycles. The Bertz CT molecular complexity index is 87.3. The molecule has 0 saturated heterocycles. The zero-order valence-corrected chi connectivity index (χ0v) is 10.2. The van der Waals surface area contributed by atoms with Crippen LogP contribution in [0.2, 0.25) is 0 Å². The highest BCUT2D eigenvalue weighted by Gasteiger charge is 1.91. The maximum absolute atomic E-state index is 5.43. The molecule has 0 aromatic rings. The molecule has 0 heterocycles. The normalized spacial score (nSPS) is 10.7. The van der Waals surface area contributed by atoms with Crippen LogP contribution < -0.4 is 10.5 Å². The Labute approximate surface area is 94.6 Å². The summed E-state index contributed by atoms with van der Waals surface area (Å²) in [6.45, 7) is 1.90. The molecule has 0 saturated carbocycles. The summed E-state index contributed by atoms with van der Waals surface area (Å²) in [5.41, 5.74) is 5.43. The van der Waals surface area contributed by atoms with Crippen LogP contribution in [-0.2, 0) is 0 Å². The van der Waals surface area contributed by atoms with Crippen molar-refractivity contribution in [2.45, 2.75) is 57.8 Å². The van der Waals surface area contributed by atoms with Crippen LogP contribution in [0.25, 0.3) is 0 Å². The predicted molar refractivity (Wildman–Crippen MR) is 67.6 cm³/mol. The van der Waals surface area contributed by atoms with Crippen molar-refractivity contribution < 1.29 is 0 Å². The van der Waals surface area contributed by atoms with E-state index in [1.54, 1.807) is 0 Å². The Morgan fingerprint density at radius 1 is 0.714 bits per heavy atom. The minimum absolute atomic E-state index is 0.858. The smallest absolute Gasteiger partial charge is 0.00561 e. The number of hydrogen-bond donors (Lipinski definition) is 3. The molecule has 0 spiro atoms. The van der Waals surface area contributed by atoms with E-state index >= 15 is 0 Å². The van der Waals surface area contributed by atoms with Gasteiger partial charge in [-0.1, -0.05) is 57.8 Å². The Morgan fingerprint density at radius 2 is 1.14 bits per heavy atom. The molecular weight excluding hydrogens is 192 g/mol. The summed E-state index contributed by atoms with van der Waals surface area (Å²) in [6, 6.07) is 0. The van der Waals surface area contributed by atoms with Crippen LogP contribution >= 0.6 is 12.8 Å². The highest BCUT2D eigenvalue weighted by atomic mass is 32.1. The molecule has 0 radical (unpaired) electrons. The van der Waals surface area contributed by atoms with Crippen molar-refractivity contribution in [1.82, 2.24) is 4.72 Å². The quantitative estimate of drug-likeness (QED) is 0.368. The summed E-state index contributed by atoms with van der Waals surface area (Å²) in [4.78, 5) is 0. The van der Waals surface area contributed by atoms with Crippen LogP contribution in [0.3, 0.4) is 0 Å². The average molecular weight is 218 g/mol. The molecule has 0 aliphatic rings. The van der Waals surface area contributed by atoms with Gasteiger partial charge in [0.2, 0.25) is 0 Å². The Hall–Kier alpha value is 0.270. The second-order valence-electron chi connectivity index (χ2n) is 3.88. The Kier molecular flexibility index (Phi) is 13.5. The lowest BCUT2D eigenvalue weighted by atomic mass is 10.1. The van der Waals surface area contributed by atoms with Gasteiger partial charge in [-0.2, -0.15) is 0 Å². The van der Waals surface area contributed by atoms with E-state index in [9.17, 15) is 0 Å². The molecule has 14 heavy (non-hydrogen) atoms. The third-order valence-corrected chi connectivity index (χ3v) is 2.72.